The van der Waals surface area contributed by atoms with Gasteiger partial charge in [0.15, 0.2) is 11.0 Å². The summed E-state index contributed by atoms with van der Waals surface area (Å²) in [6, 6.07) is 6.68. The number of hydrogen-bond acceptors (Lipinski definition) is 4. The number of thioether (sulfide) groups is 1. The van der Waals surface area contributed by atoms with E-state index in [1.165, 1.54) is 16.5 Å². The maximum atomic E-state index is 13.3. The average Bonchev–Trinajstić information content (AvgIpc) is 3.09. The summed E-state index contributed by atoms with van der Waals surface area (Å²) in [5.74, 6) is 1.39. The molecule has 0 amide bonds. The third kappa shape index (κ3) is 3.33. The fourth-order valence-corrected chi connectivity index (χ4v) is 4.20. The minimum absolute atomic E-state index is 0.204. The predicted octanol–water partition coefficient (Wildman–Crippen LogP) is 5.07. The Hall–Kier alpha value is -1.66. The molecule has 23 heavy (non-hydrogen) atoms. The second-order valence-electron chi connectivity index (χ2n) is 5.30. The van der Waals surface area contributed by atoms with E-state index in [0.29, 0.717) is 5.75 Å². The molecule has 0 fully saturated rings. The molecule has 0 saturated carbocycles. The molecular weight excluding hydrogens is 329 g/mol. The van der Waals surface area contributed by atoms with Gasteiger partial charge in [0, 0.05) is 28.1 Å². The number of rotatable bonds is 5. The van der Waals surface area contributed by atoms with Crippen LogP contribution < -0.4 is 0 Å². The molecule has 0 saturated heterocycles. The quantitative estimate of drug-likeness (QED) is 0.603. The molecule has 0 atom stereocenters. The van der Waals surface area contributed by atoms with Crippen LogP contribution in [0.2, 0.25) is 0 Å². The van der Waals surface area contributed by atoms with Gasteiger partial charge in [-0.15, -0.1) is 21.5 Å². The molecule has 2 heterocycles. The van der Waals surface area contributed by atoms with Gasteiger partial charge in [-0.3, -0.25) is 0 Å². The molecule has 0 unspecified atom stereocenters. The van der Waals surface area contributed by atoms with E-state index in [9.17, 15) is 4.39 Å². The van der Waals surface area contributed by atoms with Crippen LogP contribution in [-0.4, -0.2) is 14.8 Å². The van der Waals surface area contributed by atoms with Gasteiger partial charge in [0.25, 0.3) is 0 Å². The smallest absolute Gasteiger partial charge is 0.191 e. The summed E-state index contributed by atoms with van der Waals surface area (Å²) in [6.45, 7) is 7.14. The van der Waals surface area contributed by atoms with E-state index < -0.39 is 0 Å². The van der Waals surface area contributed by atoms with E-state index in [4.69, 9.17) is 0 Å². The van der Waals surface area contributed by atoms with Crippen molar-refractivity contribution >= 4 is 23.1 Å². The Morgan fingerprint density at radius 3 is 2.74 bits per heavy atom. The molecule has 0 aliphatic carbocycles. The summed E-state index contributed by atoms with van der Waals surface area (Å²) in [6.07, 6.45) is 0. The van der Waals surface area contributed by atoms with Gasteiger partial charge in [0.1, 0.15) is 5.82 Å². The molecule has 0 N–H and O–H groups in total. The molecular formula is C17H18FN3S2. The molecule has 3 aromatic rings. The third-order valence-electron chi connectivity index (χ3n) is 3.82. The molecule has 0 bridgehead atoms. The summed E-state index contributed by atoms with van der Waals surface area (Å²) in [4.78, 5) is 1.31. The molecule has 0 radical (unpaired) electrons. The maximum absolute atomic E-state index is 13.3. The zero-order valence-corrected chi connectivity index (χ0v) is 15.0. The van der Waals surface area contributed by atoms with E-state index in [1.807, 2.05) is 6.07 Å². The van der Waals surface area contributed by atoms with Gasteiger partial charge in [-0.2, -0.15) is 0 Å². The SMILES string of the molecule is CCn1c(SCc2cccc(F)c2)nnc1-c1csc(C)c1C. The van der Waals surface area contributed by atoms with Gasteiger partial charge in [-0.25, -0.2) is 4.39 Å². The van der Waals surface area contributed by atoms with Crippen LogP contribution in [0.4, 0.5) is 4.39 Å². The van der Waals surface area contributed by atoms with E-state index in [1.54, 1.807) is 35.2 Å². The van der Waals surface area contributed by atoms with Gasteiger partial charge in [-0.05, 0) is 44.0 Å². The van der Waals surface area contributed by atoms with Gasteiger partial charge in [0.2, 0.25) is 0 Å². The van der Waals surface area contributed by atoms with Crippen molar-refractivity contribution in [3.05, 3.63) is 51.5 Å². The Bertz CT molecular complexity index is 823. The lowest BCUT2D eigenvalue weighted by molar-refractivity contribution is 0.626. The fraction of sp³-hybridized carbons (Fsp3) is 0.294. The lowest BCUT2D eigenvalue weighted by atomic mass is 10.1. The van der Waals surface area contributed by atoms with Crippen LogP contribution in [0.3, 0.4) is 0 Å². The summed E-state index contributed by atoms with van der Waals surface area (Å²) < 4.78 is 15.4. The van der Waals surface area contributed by atoms with Crippen LogP contribution in [0.1, 0.15) is 22.9 Å². The summed E-state index contributed by atoms with van der Waals surface area (Å²) in [5, 5.41) is 11.7. The fourth-order valence-electron chi connectivity index (χ4n) is 2.39. The highest BCUT2D eigenvalue weighted by Crippen LogP contribution is 2.32. The van der Waals surface area contributed by atoms with Crippen LogP contribution in [0.25, 0.3) is 11.4 Å². The van der Waals surface area contributed by atoms with Crippen molar-refractivity contribution in [1.29, 1.82) is 0 Å². The van der Waals surface area contributed by atoms with Gasteiger partial charge in [0.05, 0.1) is 0 Å². The first-order valence-electron chi connectivity index (χ1n) is 7.45. The first-order valence-corrected chi connectivity index (χ1v) is 9.32. The molecule has 3 nitrogen and oxygen atoms in total. The number of halogens is 1. The molecule has 3 rings (SSSR count). The summed E-state index contributed by atoms with van der Waals surface area (Å²) >= 11 is 3.32. The van der Waals surface area contributed by atoms with E-state index in [2.05, 4.69) is 40.9 Å². The van der Waals surface area contributed by atoms with Gasteiger partial charge in [-0.1, -0.05) is 23.9 Å². The highest BCUT2D eigenvalue weighted by Gasteiger charge is 2.16. The topological polar surface area (TPSA) is 30.7 Å². The molecule has 0 spiro atoms. The number of thiophene rings is 1. The van der Waals surface area contributed by atoms with Crippen molar-refractivity contribution in [2.45, 2.75) is 38.2 Å². The lowest BCUT2D eigenvalue weighted by Crippen LogP contribution is -2.00. The highest BCUT2D eigenvalue weighted by atomic mass is 32.2. The van der Waals surface area contributed by atoms with Crippen LogP contribution in [0, 0.1) is 19.7 Å². The molecule has 2 aromatic heterocycles. The molecule has 0 aliphatic heterocycles. The first-order chi connectivity index (χ1) is 11.1. The second-order valence-corrected chi connectivity index (χ2v) is 7.33. The minimum Gasteiger partial charge on any atom is -0.302 e. The zero-order valence-electron chi connectivity index (χ0n) is 13.3. The molecule has 0 aliphatic rings. The Kier molecular flexibility index (Phi) is 4.82. The number of nitrogens with zero attached hydrogens (tertiary/aromatic N) is 3. The van der Waals surface area contributed by atoms with Crippen LogP contribution >= 0.6 is 23.1 Å². The average molecular weight is 347 g/mol. The minimum atomic E-state index is -0.204. The summed E-state index contributed by atoms with van der Waals surface area (Å²) in [7, 11) is 0. The maximum Gasteiger partial charge on any atom is 0.191 e. The largest absolute Gasteiger partial charge is 0.302 e. The third-order valence-corrected chi connectivity index (χ3v) is 5.87. The number of aromatic nitrogens is 3. The van der Waals surface area contributed by atoms with Crippen LogP contribution in [-0.2, 0) is 12.3 Å². The lowest BCUT2D eigenvalue weighted by Gasteiger charge is -2.07. The Morgan fingerprint density at radius 2 is 2.09 bits per heavy atom. The van der Waals surface area contributed by atoms with E-state index >= 15 is 0 Å². The number of aryl methyl sites for hydroxylation is 1. The van der Waals surface area contributed by atoms with E-state index in [-0.39, 0.29) is 5.82 Å². The van der Waals surface area contributed by atoms with Gasteiger partial charge >= 0.3 is 0 Å². The number of hydrogen-bond donors (Lipinski definition) is 0. The van der Waals surface area contributed by atoms with Crippen molar-refractivity contribution in [3.63, 3.8) is 0 Å². The Morgan fingerprint density at radius 1 is 1.26 bits per heavy atom. The van der Waals surface area contributed by atoms with Crippen molar-refractivity contribution in [3.8, 4) is 11.4 Å². The van der Waals surface area contributed by atoms with E-state index in [0.717, 1.165) is 28.7 Å². The highest BCUT2D eigenvalue weighted by molar-refractivity contribution is 7.98. The standard InChI is InChI=1S/C17H18FN3S2/c1-4-21-16(15-10-22-12(3)11(15)2)19-20-17(21)23-9-13-6-5-7-14(18)8-13/h5-8,10H,4,9H2,1-3H3. The second kappa shape index (κ2) is 6.84. The van der Waals surface area contributed by atoms with Gasteiger partial charge < -0.3 is 4.57 Å². The van der Waals surface area contributed by atoms with Crippen molar-refractivity contribution in [2.24, 2.45) is 0 Å². The molecule has 1 aromatic carbocycles. The Labute approximate surface area is 143 Å². The monoisotopic (exact) mass is 347 g/mol. The van der Waals surface area contributed by atoms with Crippen LogP contribution in [0.5, 0.6) is 0 Å². The molecule has 120 valence electrons. The zero-order chi connectivity index (χ0) is 16.4. The normalized spacial score (nSPS) is 11.1. The van der Waals surface area contributed by atoms with Crippen molar-refractivity contribution in [1.82, 2.24) is 14.8 Å². The predicted molar refractivity (Wildman–Crippen MR) is 94.4 cm³/mol. The van der Waals surface area contributed by atoms with Crippen molar-refractivity contribution in [2.75, 3.05) is 0 Å². The van der Waals surface area contributed by atoms with Crippen LogP contribution in [0.15, 0.2) is 34.8 Å². The first kappa shape index (κ1) is 16.2. The Balaban J connectivity index is 1.85. The van der Waals surface area contributed by atoms with Crippen molar-refractivity contribution < 1.29 is 4.39 Å². The molecule has 6 heteroatoms. The summed E-state index contributed by atoms with van der Waals surface area (Å²) in [5.41, 5.74) is 3.36. The number of benzene rings is 1.